The topological polar surface area (TPSA) is 22.1 Å². The van der Waals surface area contributed by atoms with Crippen molar-refractivity contribution < 1.29 is 17.9 Å². The number of ether oxygens (including phenoxy) is 1. The van der Waals surface area contributed by atoms with Gasteiger partial charge in [0.25, 0.3) is 0 Å². The first-order valence-corrected chi connectivity index (χ1v) is 4.23. The zero-order valence-electron chi connectivity index (χ0n) is 7.23. The summed E-state index contributed by atoms with van der Waals surface area (Å²) in [5.74, 6) is -0.243. The average molecular weight is 226 g/mol. The van der Waals surface area contributed by atoms with E-state index in [9.17, 15) is 13.2 Å². The molecule has 1 aromatic rings. The van der Waals surface area contributed by atoms with Gasteiger partial charge in [0.15, 0.2) is 0 Å². The number of nitrogens with zero attached hydrogens (tertiary/aromatic N) is 1. The van der Waals surface area contributed by atoms with Gasteiger partial charge >= 0.3 is 6.36 Å². The van der Waals surface area contributed by atoms with Crippen molar-refractivity contribution in [2.75, 3.05) is 0 Å². The molecule has 0 aromatic carbocycles. The third-order valence-electron chi connectivity index (χ3n) is 1.54. The van der Waals surface area contributed by atoms with Crippen molar-refractivity contribution in [2.24, 2.45) is 0 Å². The van der Waals surface area contributed by atoms with Crippen molar-refractivity contribution in [3.05, 3.63) is 23.5 Å². The highest BCUT2D eigenvalue weighted by molar-refractivity contribution is 6.17. The molecule has 1 rings (SSSR count). The van der Waals surface area contributed by atoms with Crippen LogP contribution in [0.3, 0.4) is 0 Å². The van der Waals surface area contributed by atoms with Gasteiger partial charge in [0, 0.05) is 11.6 Å². The van der Waals surface area contributed by atoms with Crippen molar-refractivity contribution in [2.45, 2.75) is 19.2 Å². The number of hydrogen-bond donors (Lipinski definition) is 0. The molecule has 0 saturated heterocycles. The Morgan fingerprint density at radius 1 is 1.50 bits per heavy atom. The average Bonchev–Trinajstić information content (AvgIpc) is 2.06. The van der Waals surface area contributed by atoms with Gasteiger partial charge in [0.1, 0.15) is 5.75 Å². The molecule has 0 radical (unpaired) electrons. The first kappa shape index (κ1) is 11.1. The fourth-order valence-corrected chi connectivity index (χ4v) is 1.15. The highest BCUT2D eigenvalue weighted by Gasteiger charge is 2.31. The normalized spacial score (nSPS) is 11.5. The molecule has 0 fully saturated rings. The summed E-state index contributed by atoms with van der Waals surface area (Å²) in [5, 5.41) is 0. The van der Waals surface area contributed by atoms with Crippen LogP contribution in [-0.4, -0.2) is 11.3 Å². The number of alkyl halides is 4. The maximum Gasteiger partial charge on any atom is 0.573 e. The maximum atomic E-state index is 11.8. The van der Waals surface area contributed by atoms with Crippen LogP contribution in [0.1, 0.15) is 11.3 Å². The number of pyridine rings is 1. The molecule has 6 heteroatoms. The summed E-state index contributed by atoms with van der Waals surface area (Å²) in [6, 6.07) is 1.23. The van der Waals surface area contributed by atoms with E-state index in [1.165, 1.54) is 6.07 Å². The molecule has 0 saturated carbocycles. The predicted octanol–water partition coefficient (Wildman–Crippen LogP) is 3.03. The third kappa shape index (κ3) is 3.06. The summed E-state index contributed by atoms with van der Waals surface area (Å²) in [7, 11) is 0. The van der Waals surface area contributed by atoms with Gasteiger partial charge in [-0.1, -0.05) is 0 Å². The van der Waals surface area contributed by atoms with Gasteiger partial charge in [-0.3, -0.25) is 4.98 Å². The highest BCUT2D eigenvalue weighted by Crippen LogP contribution is 2.24. The van der Waals surface area contributed by atoms with Gasteiger partial charge < -0.3 is 4.74 Å². The first-order chi connectivity index (χ1) is 6.42. The van der Waals surface area contributed by atoms with Gasteiger partial charge in [-0.25, -0.2) is 0 Å². The van der Waals surface area contributed by atoms with E-state index in [1.807, 2.05) is 0 Å². The lowest BCUT2D eigenvalue weighted by Gasteiger charge is -2.09. The Balaban J connectivity index is 2.90. The highest BCUT2D eigenvalue weighted by atomic mass is 35.5. The number of halogens is 4. The van der Waals surface area contributed by atoms with Crippen LogP contribution in [0.25, 0.3) is 0 Å². The number of aromatic nitrogens is 1. The lowest BCUT2D eigenvalue weighted by molar-refractivity contribution is -0.274. The van der Waals surface area contributed by atoms with Crippen molar-refractivity contribution in [3.63, 3.8) is 0 Å². The Labute approximate surface area is 83.7 Å². The number of rotatable bonds is 2. The maximum absolute atomic E-state index is 11.8. The minimum atomic E-state index is -4.69. The molecule has 0 aliphatic rings. The Morgan fingerprint density at radius 3 is 2.64 bits per heavy atom. The lowest BCUT2D eigenvalue weighted by atomic mass is 10.2. The molecule has 1 aromatic heterocycles. The van der Waals surface area contributed by atoms with Crippen LogP contribution in [0.15, 0.2) is 12.3 Å². The minimum Gasteiger partial charge on any atom is -0.404 e. The molecule has 1 heterocycles. The molecule has 0 unspecified atom stereocenters. The van der Waals surface area contributed by atoms with Crippen molar-refractivity contribution in [3.8, 4) is 5.75 Å². The van der Waals surface area contributed by atoms with Crippen LogP contribution in [0.2, 0.25) is 0 Å². The Hall–Kier alpha value is -0.970. The molecule has 0 atom stereocenters. The second-order valence-corrected chi connectivity index (χ2v) is 2.86. The summed E-state index contributed by atoms with van der Waals surface area (Å²) >= 11 is 5.50. The van der Waals surface area contributed by atoms with Crippen LogP contribution in [0, 0.1) is 6.92 Å². The van der Waals surface area contributed by atoms with E-state index in [0.29, 0.717) is 11.3 Å². The van der Waals surface area contributed by atoms with E-state index in [0.717, 1.165) is 6.20 Å². The van der Waals surface area contributed by atoms with E-state index in [-0.39, 0.29) is 11.6 Å². The van der Waals surface area contributed by atoms with E-state index in [4.69, 9.17) is 11.6 Å². The summed E-state index contributed by atoms with van der Waals surface area (Å²) in [5.41, 5.74) is 1.11. The Kier molecular flexibility index (Phi) is 3.21. The molecule has 0 aliphatic carbocycles. The molecule has 2 nitrogen and oxygen atoms in total. The number of hydrogen-bond acceptors (Lipinski definition) is 2. The molecule has 0 amide bonds. The molecule has 14 heavy (non-hydrogen) atoms. The quantitative estimate of drug-likeness (QED) is 0.722. The summed E-state index contributed by atoms with van der Waals surface area (Å²) in [6.07, 6.45) is -3.68. The lowest BCUT2D eigenvalue weighted by Crippen LogP contribution is -2.17. The van der Waals surface area contributed by atoms with Gasteiger partial charge in [-0.05, 0) is 18.6 Å². The van der Waals surface area contributed by atoms with E-state index in [2.05, 4.69) is 9.72 Å². The predicted molar refractivity (Wildman–Crippen MR) is 45.2 cm³/mol. The zero-order valence-corrected chi connectivity index (χ0v) is 7.99. The third-order valence-corrected chi connectivity index (χ3v) is 1.83. The zero-order chi connectivity index (χ0) is 10.8. The second kappa shape index (κ2) is 4.04. The Bertz CT molecular complexity index is 327. The molecule has 0 aliphatic heterocycles. The molecule has 0 N–H and O–H groups in total. The van der Waals surface area contributed by atoms with Crippen LogP contribution in [0.5, 0.6) is 5.75 Å². The first-order valence-electron chi connectivity index (χ1n) is 3.69. The second-order valence-electron chi connectivity index (χ2n) is 2.60. The summed E-state index contributed by atoms with van der Waals surface area (Å²) in [6.45, 7) is 1.66. The largest absolute Gasteiger partial charge is 0.573 e. The minimum absolute atomic E-state index is 0.105. The fraction of sp³-hybridized carbons (Fsp3) is 0.375. The van der Waals surface area contributed by atoms with Gasteiger partial charge in [0.2, 0.25) is 0 Å². The molecule has 0 spiro atoms. The van der Waals surface area contributed by atoms with Crippen molar-refractivity contribution >= 4 is 11.6 Å². The van der Waals surface area contributed by atoms with E-state index < -0.39 is 6.36 Å². The van der Waals surface area contributed by atoms with Gasteiger partial charge in [-0.15, -0.1) is 24.8 Å². The van der Waals surface area contributed by atoms with Crippen molar-refractivity contribution in [1.82, 2.24) is 4.98 Å². The fourth-order valence-electron chi connectivity index (χ4n) is 0.882. The molecule has 0 bridgehead atoms. The van der Waals surface area contributed by atoms with Crippen LogP contribution >= 0.6 is 11.6 Å². The van der Waals surface area contributed by atoms with E-state index in [1.54, 1.807) is 6.92 Å². The monoisotopic (exact) mass is 225 g/mol. The molecular weight excluding hydrogens is 219 g/mol. The van der Waals surface area contributed by atoms with Crippen LogP contribution in [0.4, 0.5) is 13.2 Å². The smallest absolute Gasteiger partial charge is 0.404 e. The standard InChI is InChI=1S/C8H7ClF3NO/c1-5-6(3-9)2-7(4-13-5)14-8(10,11)12/h2,4H,3H2,1H3. The van der Waals surface area contributed by atoms with Crippen molar-refractivity contribution in [1.29, 1.82) is 0 Å². The molecule has 78 valence electrons. The summed E-state index contributed by atoms with van der Waals surface area (Å²) < 4.78 is 39.1. The Morgan fingerprint density at radius 2 is 2.14 bits per heavy atom. The van der Waals surface area contributed by atoms with Crippen LogP contribution < -0.4 is 4.74 Å². The van der Waals surface area contributed by atoms with Crippen LogP contribution in [-0.2, 0) is 5.88 Å². The molecular formula is C8H7ClF3NO. The van der Waals surface area contributed by atoms with Gasteiger partial charge in [-0.2, -0.15) is 0 Å². The SMILES string of the molecule is Cc1ncc(OC(F)(F)F)cc1CCl. The summed E-state index contributed by atoms with van der Waals surface area (Å²) in [4.78, 5) is 3.72. The van der Waals surface area contributed by atoms with E-state index >= 15 is 0 Å². The number of aryl methyl sites for hydroxylation is 1. The van der Waals surface area contributed by atoms with Gasteiger partial charge in [0.05, 0.1) is 6.20 Å².